The van der Waals surface area contributed by atoms with Crippen molar-refractivity contribution >= 4 is 30.7 Å². The quantitative estimate of drug-likeness (QED) is 0.836. The van der Waals surface area contributed by atoms with E-state index in [-0.39, 0.29) is 30.7 Å². The molecule has 126 valence electrons. The average Bonchev–Trinajstić information content (AvgIpc) is 2.49. The normalized spacial score (nSPS) is 17.5. The number of ether oxygens (including phenoxy) is 1. The lowest BCUT2D eigenvalue weighted by atomic mass is 9.92. The number of hydrogen-bond donors (Lipinski definition) is 2. The summed E-state index contributed by atoms with van der Waals surface area (Å²) >= 11 is 0. The zero-order valence-electron chi connectivity index (χ0n) is 12.8. The van der Waals surface area contributed by atoms with Crippen LogP contribution in [-0.2, 0) is 15.1 Å². The molecule has 1 fully saturated rings. The molecule has 1 aromatic rings. The molecular weight excluding hydrogens is 325 g/mol. The fourth-order valence-electron chi connectivity index (χ4n) is 2.25. The van der Waals surface area contributed by atoms with Gasteiger partial charge in [0.05, 0.1) is 13.2 Å². The molecule has 0 aromatic heterocycles. The fourth-order valence-corrected chi connectivity index (χ4v) is 2.25. The first kappa shape index (κ1) is 21.1. The Morgan fingerprint density at radius 3 is 2.45 bits per heavy atom. The van der Waals surface area contributed by atoms with Crippen molar-refractivity contribution in [1.82, 2.24) is 10.2 Å². The van der Waals surface area contributed by atoms with Crippen LogP contribution in [0, 0.1) is 0 Å². The SMILES string of the molecule is CC(N)(C(=O)NCCN1CCOCC1)c1ccccc1.Cl.Cl. The van der Waals surface area contributed by atoms with Gasteiger partial charge in [0, 0.05) is 26.2 Å². The third-order valence-corrected chi connectivity index (χ3v) is 3.66. The summed E-state index contributed by atoms with van der Waals surface area (Å²) in [6, 6.07) is 9.45. The van der Waals surface area contributed by atoms with Gasteiger partial charge in [-0.2, -0.15) is 0 Å². The van der Waals surface area contributed by atoms with Crippen molar-refractivity contribution in [2.45, 2.75) is 12.5 Å². The topological polar surface area (TPSA) is 67.6 Å². The van der Waals surface area contributed by atoms with E-state index in [0.29, 0.717) is 6.54 Å². The second-order valence-electron chi connectivity index (χ2n) is 5.28. The largest absolute Gasteiger partial charge is 0.379 e. The first-order chi connectivity index (χ1) is 9.60. The summed E-state index contributed by atoms with van der Waals surface area (Å²) in [6.45, 7) is 6.58. The number of benzene rings is 1. The molecule has 22 heavy (non-hydrogen) atoms. The van der Waals surface area contributed by atoms with Crippen LogP contribution in [0.25, 0.3) is 0 Å². The number of hydrogen-bond acceptors (Lipinski definition) is 4. The number of amides is 1. The van der Waals surface area contributed by atoms with Crippen molar-refractivity contribution in [1.29, 1.82) is 0 Å². The maximum absolute atomic E-state index is 12.2. The number of halogens is 2. The van der Waals surface area contributed by atoms with E-state index in [1.807, 2.05) is 30.3 Å². The lowest BCUT2D eigenvalue weighted by molar-refractivity contribution is -0.126. The molecule has 1 aliphatic rings. The van der Waals surface area contributed by atoms with Gasteiger partial charge < -0.3 is 15.8 Å². The number of morpholine rings is 1. The van der Waals surface area contributed by atoms with E-state index in [9.17, 15) is 4.79 Å². The van der Waals surface area contributed by atoms with Gasteiger partial charge in [0.15, 0.2) is 0 Å². The van der Waals surface area contributed by atoms with Crippen molar-refractivity contribution in [2.75, 3.05) is 39.4 Å². The first-order valence-corrected chi connectivity index (χ1v) is 7.03. The summed E-state index contributed by atoms with van der Waals surface area (Å²) in [6.07, 6.45) is 0. The third-order valence-electron chi connectivity index (χ3n) is 3.66. The lowest BCUT2D eigenvalue weighted by Crippen LogP contribution is -2.51. The Kier molecular flexibility index (Phi) is 9.64. The molecule has 1 saturated heterocycles. The molecule has 0 bridgehead atoms. The molecule has 2 rings (SSSR count). The minimum atomic E-state index is -0.994. The van der Waals surface area contributed by atoms with E-state index in [2.05, 4.69) is 10.2 Å². The van der Waals surface area contributed by atoms with E-state index in [1.54, 1.807) is 6.92 Å². The molecule has 3 N–H and O–H groups in total. The van der Waals surface area contributed by atoms with Crippen LogP contribution in [0.15, 0.2) is 30.3 Å². The van der Waals surface area contributed by atoms with Crippen molar-refractivity contribution in [3.63, 3.8) is 0 Å². The Morgan fingerprint density at radius 2 is 1.86 bits per heavy atom. The van der Waals surface area contributed by atoms with Gasteiger partial charge in [-0.3, -0.25) is 9.69 Å². The number of nitrogens with two attached hydrogens (primary N) is 1. The second kappa shape index (κ2) is 10.0. The van der Waals surface area contributed by atoms with Gasteiger partial charge in [-0.25, -0.2) is 0 Å². The predicted octanol–water partition coefficient (Wildman–Crippen LogP) is 1.15. The van der Waals surface area contributed by atoms with Crippen molar-refractivity contribution in [3.05, 3.63) is 35.9 Å². The summed E-state index contributed by atoms with van der Waals surface area (Å²) < 4.78 is 5.29. The van der Waals surface area contributed by atoms with Crippen LogP contribution < -0.4 is 11.1 Å². The predicted molar refractivity (Wildman–Crippen MR) is 92.7 cm³/mol. The van der Waals surface area contributed by atoms with Crippen molar-refractivity contribution in [2.24, 2.45) is 5.73 Å². The highest BCUT2D eigenvalue weighted by molar-refractivity contribution is 5.87. The first-order valence-electron chi connectivity index (χ1n) is 7.03. The molecule has 0 saturated carbocycles. The van der Waals surface area contributed by atoms with Gasteiger partial charge in [0.25, 0.3) is 0 Å². The molecule has 1 aliphatic heterocycles. The maximum atomic E-state index is 12.2. The number of rotatable bonds is 5. The molecule has 1 amide bonds. The van der Waals surface area contributed by atoms with E-state index in [1.165, 1.54) is 0 Å². The Labute approximate surface area is 144 Å². The smallest absolute Gasteiger partial charge is 0.244 e. The number of carbonyl (C=O) groups is 1. The third kappa shape index (κ3) is 5.74. The summed E-state index contributed by atoms with van der Waals surface area (Å²) in [7, 11) is 0. The molecule has 0 aliphatic carbocycles. The van der Waals surface area contributed by atoms with Crippen LogP contribution in [0.4, 0.5) is 0 Å². The Bertz CT molecular complexity index is 438. The highest BCUT2D eigenvalue weighted by Crippen LogP contribution is 2.17. The summed E-state index contributed by atoms with van der Waals surface area (Å²) in [4.78, 5) is 14.5. The van der Waals surface area contributed by atoms with Crippen LogP contribution >= 0.6 is 24.8 Å². The van der Waals surface area contributed by atoms with Crippen LogP contribution in [0.2, 0.25) is 0 Å². The highest BCUT2D eigenvalue weighted by Gasteiger charge is 2.29. The van der Waals surface area contributed by atoms with Crippen LogP contribution in [0.5, 0.6) is 0 Å². The standard InChI is InChI=1S/C15H23N3O2.2ClH/c1-15(16,13-5-3-2-4-6-13)14(19)17-7-8-18-9-11-20-12-10-18;;/h2-6H,7-12,16H2,1H3,(H,17,19);2*1H. The average molecular weight is 350 g/mol. The van der Waals surface area contributed by atoms with Crippen LogP contribution in [0.3, 0.4) is 0 Å². The van der Waals surface area contributed by atoms with Gasteiger partial charge in [0.2, 0.25) is 5.91 Å². The molecule has 1 heterocycles. The number of carbonyl (C=O) groups excluding carboxylic acids is 1. The summed E-state index contributed by atoms with van der Waals surface area (Å²) in [5.74, 6) is -0.142. The van der Waals surface area contributed by atoms with Crippen molar-refractivity contribution < 1.29 is 9.53 Å². The van der Waals surface area contributed by atoms with Gasteiger partial charge in [-0.1, -0.05) is 30.3 Å². The molecule has 0 radical (unpaired) electrons. The maximum Gasteiger partial charge on any atom is 0.244 e. The van der Waals surface area contributed by atoms with Crippen LogP contribution in [0.1, 0.15) is 12.5 Å². The minimum Gasteiger partial charge on any atom is -0.379 e. The van der Waals surface area contributed by atoms with Gasteiger partial charge in [-0.15, -0.1) is 24.8 Å². The van der Waals surface area contributed by atoms with Crippen LogP contribution in [-0.4, -0.2) is 50.2 Å². The molecule has 1 unspecified atom stereocenters. The lowest BCUT2D eigenvalue weighted by Gasteiger charge is -2.28. The Balaban J connectivity index is 0.00000220. The van der Waals surface area contributed by atoms with Gasteiger partial charge >= 0.3 is 0 Å². The number of nitrogens with one attached hydrogen (secondary N) is 1. The zero-order chi connectivity index (χ0) is 14.4. The molecular formula is C15H25Cl2N3O2. The molecule has 1 aromatic carbocycles. The minimum absolute atomic E-state index is 0. The molecule has 1 atom stereocenters. The molecule has 0 spiro atoms. The monoisotopic (exact) mass is 349 g/mol. The zero-order valence-corrected chi connectivity index (χ0v) is 14.4. The Hall–Kier alpha value is -0.850. The van der Waals surface area contributed by atoms with Gasteiger partial charge in [-0.05, 0) is 12.5 Å². The molecule has 7 heteroatoms. The van der Waals surface area contributed by atoms with Gasteiger partial charge in [0.1, 0.15) is 5.54 Å². The Morgan fingerprint density at radius 1 is 1.27 bits per heavy atom. The number of nitrogens with zero attached hydrogens (tertiary/aromatic N) is 1. The highest BCUT2D eigenvalue weighted by atomic mass is 35.5. The summed E-state index contributed by atoms with van der Waals surface area (Å²) in [5.41, 5.74) is 5.98. The van der Waals surface area contributed by atoms with Crippen molar-refractivity contribution in [3.8, 4) is 0 Å². The fraction of sp³-hybridized carbons (Fsp3) is 0.533. The van der Waals surface area contributed by atoms with E-state index >= 15 is 0 Å². The van der Waals surface area contributed by atoms with E-state index < -0.39 is 5.54 Å². The van der Waals surface area contributed by atoms with E-state index in [0.717, 1.165) is 38.4 Å². The molecule has 5 nitrogen and oxygen atoms in total. The second-order valence-corrected chi connectivity index (χ2v) is 5.28. The summed E-state index contributed by atoms with van der Waals surface area (Å²) in [5, 5.41) is 2.92. The van der Waals surface area contributed by atoms with E-state index in [4.69, 9.17) is 10.5 Å².